The van der Waals surface area contributed by atoms with Crippen LogP contribution < -0.4 is 14.8 Å². The monoisotopic (exact) mass is 393 g/mol. The number of carbonyl (C=O) groups excluding carboxylic acids is 1. The summed E-state index contributed by atoms with van der Waals surface area (Å²) in [7, 11) is 2.61. The third-order valence-electron chi connectivity index (χ3n) is 3.16. The van der Waals surface area contributed by atoms with Crippen molar-refractivity contribution < 1.29 is 34.7 Å². The molecule has 23 heavy (non-hydrogen) atoms. The van der Waals surface area contributed by atoms with Crippen molar-refractivity contribution in [2.24, 2.45) is 5.92 Å². The average Bonchev–Trinajstić information content (AvgIpc) is 2.45. The van der Waals surface area contributed by atoms with Gasteiger partial charge in [0.05, 0.1) is 24.3 Å². The summed E-state index contributed by atoms with van der Waals surface area (Å²) in [6.45, 7) is 3.01. The molecule has 130 valence electrons. The van der Waals surface area contributed by atoms with Crippen molar-refractivity contribution in [3.05, 3.63) is 22.2 Å². The molecule has 1 aromatic rings. The Morgan fingerprint density at radius 1 is 1.13 bits per heavy atom. The fourth-order valence-corrected chi connectivity index (χ4v) is 2.21. The van der Waals surface area contributed by atoms with Gasteiger partial charge in [0.25, 0.3) is 5.79 Å². The first kappa shape index (κ1) is 19.7. The molecule has 1 aromatic carbocycles. The van der Waals surface area contributed by atoms with Crippen LogP contribution in [0.3, 0.4) is 0 Å². The van der Waals surface area contributed by atoms with E-state index < -0.39 is 29.1 Å². The number of hydrogen-bond acceptors (Lipinski definition) is 7. The average molecular weight is 394 g/mol. The van der Waals surface area contributed by atoms with Crippen molar-refractivity contribution in [3.63, 3.8) is 0 Å². The molecule has 0 heterocycles. The SMILES string of the molecule is COc1cc(C(O)(O)C(O)(O)NC(=O)C(C)C)c(OC)cc1Br. The second kappa shape index (κ2) is 7.02. The summed E-state index contributed by atoms with van der Waals surface area (Å²) in [5.74, 6) is -7.89. The largest absolute Gasteiger partial charge is 0.496 e. The summed E-state index contributed by atoms with van der Waals surface area (Å²) < 4.78 is 10.5. The molecule has 0 fully saturated rings. The summed E-state index contributed by atoms with van der Waals surface area (Å²) >= 11 is 3.20. The van der Waals surface area contributed by atoms with E-state index >= 15 is 0 Å². The number of nitrogens with one attached hydrogen (secondary N) is 1. The smallest absolute Gasteiger partial charge is 0.308 e. The standard InChI is InChI=1S/C14H20BrNO7/c1-7(2)12(17)16-14(20,21)13(18,19)8-5-11(23-4)9(15)6-10(8)22-3/h5-7,18-21H,1-4H3,(H,16,17). The highest BCUT2D eigenvalue weighted by Crippen LogP contribution is 2.40. The number of benzene rings is 1. The normalized spacial score (nSPS) is 12.3. The third-order valence-corrected chi connectivity index (χ3v) is 3.78. The highest BCUT2D eigenvalue weighted by Gasteiger charge is 2.52. The lowest BCUT2D eigenvalue weighted by Crippen LogP contribution is -2.63. The van der Waals surface area contributed by atoms with E-state index in [0.717, 1.165) is 6.07 Å². The van der Waals surface area contributed by atoms with Gasteiger partial charge >= 0.3 is 5.91 Å². The summed E-state index contributed by atoms with van der Waals surface area (Å²) in [6, 6.07) is 2.50. The van der Waals surface area contributed by atoms with E-state index in [1.807, 2.05) is 0 Å². The third kappa shape index (κ3) is 3.93. The highest BCUT2D eigenvalue weighted by atomic mass is 79.9. The van der Waals surface area contributed by atoms with E-state index in [1.54, 1.807) is 5.32 Å². The van der Waals surface area contributed by atoms with E-state index in [-0.39, 0.29) is 11.5 Å². The van der Waals surface area contributed by atoms with Crippen LogP contribution in [0.5, 0.6) is 11.5 Å². The summed E-state index contributed by atoms with van der Waals surface area (Å²) in [4.78, 5) is 11.7. The van der Waals surface area contributed by atoms with Crippen LogP contribution in [-0.4, -0.2) is 46.5 Å². The van der Waals surface area contributed by atoms with Crippen molar-refractivity contribution in [1.82, 2.24) is 5.32 Å². The van der Waals surface area contributed by atoms with Crippen molar-refractivity contribution in [1.29, 1.82) is 0 Å². The number of hydrogen-bond donors (Lipinski definition) is 5. The lowest BCUT2D eigenvalue weighted by atomic mass is 9.99. The number of aliphatic hydroxyl groups is 4. The quantitative estimate of drug-likeness (QED) is 0.430. The molecule has 5 N–H and O–H groups in total. The Morgan fingerprint density at radius 3 is 2.09 bits per heavy atom. The maximum absolute atomic E-state index is 11.7. The van der Waals surface area contributed by atoms with Gasteiger partial charge in [-0.25, -0.2) is 0 Å². The second-order valence-corrected chi connectivity index (χ2v) is 6.03. The zero-order valence-electron chi connectivity index (χ0n) is 13.1. The summed E-state index contributed by atoms with van der Waals surface area (Å²) in [5.41, 5.74) is -0.408. The second-order valence-electron chi connectivity index (χ2n) is 5.18. The van der Waals surface area contributed by atoms with Gasteiger partial charge in [-0.2, -0.15) is 0 Å². The Hall–Kier alpha value is -1.39. The van der Waals surface area contributed by atoms with Crippen LogP contribution in [0.25, 0.3) is 0 Å². The molecule has 0 atom stereocenters. The van der Waals surface area contributed by atoms with E-state index in [4.69, 9.17) is 9.47 Å². The molecule has 0 saturated carbocycles. The summed E-state index contributed by atoms with van der Waals surface area (Å²) in [6.07, 6.45) is 0. The number of methoxy groups -OCH3 is 2. The molecule has 0 spiro atoms. The Bertz CT molecular complexity index is 587. The lowest BCUT2D eigenvalue weighted by Gasteiger charge is -2.36. The van der Waals surface area contributed by atoms with Crippen molar-refractivity contribution in [2.45, 2.75) is 25.5 Å². The van der Waals surface area contributed by atoms with Crippen LogP contribution in [-0.2, 0) is 10.6 Å². The molecule has 1 amide bonds. The first-order valence-corrected chi connectivity index (χ1v) is 7.40. The Balaban J connectivity index is 3.38. The Morgan fingerprint density at radius 2 is 1.65 bits per heavy atom. The zero-order chi connectivity index (χ0) is 18.0. The molecule has 0 saturated heterocycles. The van der Waals surface area contributed by atoms with Crippen LogP contribution in [0.4, 0.5) is 0 Å². The summed E-state index contributed by atoms with van der Waals surface area (Å²) in [5, 5.41) is 42.2. The number of ether oxygens (including phenoxy) is 2. The zero-order valence-corrected chi connectivity index (χ0v) is 14.7. The van der Waals surface area contributed by atoms with Gasteiger partial charge in [-0.15, -0.1) is 0 Å². The number of rotatable bonds is 6. The van der Waals surface area contributed by atoms with Gasteiger partial charge in [-0.3, -0.25) is 4.79 Å². The van der Waals surface area contributed by atoms with Gasteiger partial charge in [0, 0.05) is 5.92 Å². The van der Waals surface area contributed by atoms with Gasteiger partial charge in [0.1, 0.15) is 11.5 Å². The van der Waals surface area contributed by atoms with Crippen molar-refractivity contribution in [3.8, 4) is 11.5 Å². The molecule has 0 bridgehead atoms. The van der Waals surface area contributed by atoms with Gasteiger partial charge in [0.2, 0.25) is 5.91 Å². The number of amides is 1. The molecule has 8 nitrogen and oxygen atoms in total. The number of carbonyl (C=O) groups is 1. The van der Waals surface area contributed by atoms with Gasteiger partial charge < -0.3 is 35.2 Å². The van der Waals surface area contributed by atoms with Crippen LogP contribution in [0, 0.1) is 5.92 Å². The minimum absolute atomic E-state index is 0.0612. The molecule has 0 radical (unpaired) electrons. The Kier molecular flexibility index (Phi) is 6.00. The van der Waals surface area contributed by atoms with E-state index in [1.165, 1.54) is 34.1 Å². The van der Waals surface area contributed by atoms with E-state index in [9.17, 15) is 25.2 Å². The molecular weight excluding hydrogens is 374 g/mol. The van der Waals surface area contributed by atoms with Gasteiger partial charge in [-0.1, -0.05) is 13.8 Å². The Labute approximate surface area is 141 Å². The molecule has 0 aliphatic rings. The highest BCUT2D eigenvalue weighted by molar-refractivity contribution is 9.10. The van der Waals surface area contributed by atoms with Crippen LogP contribution in [0.1, 0.15) is 19.4 Å². The maximum Gasteiger partial charge on any atom is 0.308 e. The van der Waals surface area contributed by atoms with E-state index in [2.05, 4.69) is 15.9 Å². The van der Waals surface area contributed by atoms with Crippen LogP contribution in [0.15, 0.2) is 16.6 Å². The number of halogens is 1. The fourth-order valence-electron chi connectivity index (χ4n) is 1.72. The predicted octanol–water partition coefficient (Wildman–Crippen LogP) is 0.0143. The molecule has 9 heteroatoms. The first-order chi connectivity index (χ1) is 10.5. The minimum Gasteiger partial charge on any atom is -0.496 e. The van der Waals surface area contributed by atoms with Gasteiger partial charge in [0.15, 0.2) is 0 Å². The molecule has 0 aromatic heterocycles. The van der Waals surface area contributed by atoms with Crippen molar-refractivity contribution in [2.75, 3.05) is 14.2 Å². The molecule has 0 aliphatic heterocycles. The minimum atomic E-state index is -3.36. The lowest BCUT2D eigenvalue weighted by molar-refractivity contribution is -0.375. The van der Waals surface area contributed by atoms with Gasteiger partial charge in [-0.05, 0) is 28.1 Å². The molecule has 1 rings (SSSR count). The van der Waals surface area contributed by atoms with Crippen molar-refractivity contribution >= 4 is 21.8 Å². The van der Waals surface area contributed by atoms with Crippen LogP contribution >= 0.6 is 15.9 Å². The van der Waals surface area contributed by atoms with E-state index in [0.29, 0.717) is 4.47 Å². The fraction of sp³-hybridized carbons (Fsp3) is 0.500. The molecule has 0 aliphatic carbocycles. The molecule has 0 unspecified atom stereocenters. The predicted molar refractivity (Wildman–Crippen MR) is 83.5 cm³/mol. The maximum atomic E-state index is 11.7. The van der Waals surface area contributed by atoms with Crippen LogP contribution in [0.2, 0.25) is 0 Å². The first-order valence-electron chi connectivity index (χ1n) is 6.61. The molecular formula is C14H20BrNO7. The topological polar surface area (TPSA) is 128 Å².